The summed E-state index contributed by atoms with van der Waals surface area (Å²) >= 11 is 0. The van der Waals surface area contributed by atoms with Crippen LogP contribution in [0, 0.1) is 5.92 Å². The monoisotopic (exact) mass is 755 g/mol. The molecule has 0 aliphatic carbocycles. The van der Waals surface area contributed by atoms with E-state index in [0.717, 1.165) is 36.0 Å². The number of benzene rings is 3. The lowest BCUT2D eigenvalue weighted by molar-refractivity contribution is -0.142. The highest BCUT2D eigenvalue weighted by molar-refractivity contribution is 5.92. The first-order valence-corrected chi connectivity index (χ1v) is 19.3. The van der Waals surface area contributed by atoms with Crippen LogP contribution in [-0.2, 0) is 48.0 Å². The van der Waals surface area contributed by atoms with Crippen LogP contribution in [0.25, 0.3) is 0 Å². The second-order valence-electron chi connectivity index (χ2n) is 14.1. The summed E-state index contributed by atoms with van der Waals surface area (Å²) in [6.07, 6.45) is 5.70. The molecule has 55 heavy (non-hydrogen) atoms. The maximum absolute atomic E-state index is 13.3. The van der Waals surface area contributed by atoms with E-state index >= 15 is 0 Å². The Labute approximate surface area is 324 Å². The van der Waals surface area contributed by atoms with Gasteiger partial charge in [0.1, 0.15) is 24.2 Å². The van der Waals surface area contributed by atoms with E-state index in [2.05, 4.69) is 21.3 Å². The van der Waals surface area contributed by atoms with Crippen LogP contribution >= 0.6 is 0 Å². The zero-order chi connectivity index (χ0) is 40.0. The number of carboxylic acid groups (broad SMARTS) is 1. The number of hydrogen-bond acceptors (Lipinski definition) is 6. The van der Waals surface area contributed by atoms with Gasteiger partial charge in [0.05, 0.1) is 0 Å². The molecule has 5 atom stereocenters. The van der Waals surface area contributed by atoms with Crippen LogP contribution in [0.2, 0.25) is 0 Å². The van der Waals surface area contributed by atoms with Gasteiger partial charge in [-0.05, 0) is 48.3 Å². The molecule has 3 aromatic rings. The van der Waals surface area contributed by atoms with Crippen molar-refractivity contribution >= 4 is 35.5 Å². The molecule has 0 radical (unpaired) electrons. The molecule has 296 valence electrons. The summed E-state index contributed by atoms with van der Waals surface area (Å²) in [7, 11) is 0. The largest absolute Gasteiger partial charge is 0.480 e. The Bertz CT molecular complexity index is 1660. The zero-order valence-electron chi connectivity index (χ0n) is 32.0. The summed E-state index contributed by atoms with van der Waals surface area (Å²) in [5.41, 5.74) is 8.21. The average molecular weight is 756 g/mol. The fraction of sp³-hybridized carbons (Fsp3) is 0.442. The third kappa shape index (κ3) is 16.6. The maximum atomic E-state index is 13.3. The smallest absolute Gasteiger partial charge is 0.326 e. The topological polar surface area (TPSA) is 197 Å². The van der Waals surface area contributed by atoms with Gasteiger partial charge in [0, 0.05) is 25.7 Å². The number of unbranched alkanes of at least 4 members (excludes halogenated alkanes) is 4. The molecule has 12 nitrogen and oxygen atoms in total. The number of hydrogen-bond donors (Lipinski definition) is 6. The van der Waals surface area contributed by atoms with Crippen molar-refractivity contribution in [1.82, 2.24) is 21.3 Å². The molecule has 0 fully saturated rings. The van der Waals surface area contributed by atoms with Crippen LogP contribution < -0.4 is 27.0 Å². The Morgan fingerprint density at radius 3 is 1.53 bits per heavy atom. The third-order valence-corrected chi connectivity index (χ3v) is 9.68. The number of nitrogens with one attached hydrogen (secondary N) is 4. The number of nitrogens with two attached hydrogens (primary N) is 1. The zero-order valence-corrected chi connectivity index (χ0v) is 32.0. The van der Waals surface area contributed by atoms with Crippen LogP contribution in [0.1, 0.15) is 88.3 Å². The Balaban J connectivity index is 1.43. The molecule has 0 saturated carbocycles. The summed E-state index contributed by atoms with van der Waals surface area (Å²) in [6, 6.07) is 24.1. The van der Waals surface area contributed by atoms with Gasteiger partial charge in [-0.15, -0.1) is 0 Å². The lowest BCUT2D eigenvalue weighted by atomic mass is 9.97. The number of aliphatic carboxylic acids is 1. The SMILES string of the molecule is CC[C@@H](C)[C@H](NC(=O)CCCCCCCC(=O)N[C@@H](CCc1ccccc1)C(=O)N[C@@H](Cc1ccccc1)C(=O)O)C(=O)N[C@@H](Cc1ccccc1)C(N)=O. The van der Waals surface area contributed by atoms with Crippen molar-refractivity contribution in [3.8, 4) is 0 Å². The summed E-state index contributed by atoms with van der Waals surface area (Å²) in [4.78, 5) is 76.6. The molecule has 3 aromatic carbocycles. The number of carboxylic acids is 1. The Morgan fingerprint density at radius 2 is 1.04 bits per heavy atom. The molecular formula is C43H57N5O7. The number of primary amides is 1. The van der Waals surface area contributed by atoms with E-state index in [9.17, 15) is 33.9 Å². The van der Waals surface area contributed by atoms with Gasteiger partial charge in [-0.1, -0.05) is 131 Å². The highest BCUT2D eigenvalue weighted by Gasteiger charge is 2.30. The Hall–Kier alpha value is -5.52. The summed E-state index contributed by atoms with van der Waals surface area (Å²) in [5.74, 6) is -3.52. The van der Waals surface area contributed by atoms with E-state index < -0.39 is 47.9 Å². The second-order valence-corrected chi connectivity index (χ2v) is 14.1. The van der Waals surface area contributed by atoms with Crippen LogP contribution in [0.15, 0.2) is 91.0 Å². The minimum absolute atomic E-state index is 0.114. The van der Waals surface area contributed by atoms with Crippen LogP contribution in [0.5, 0.6) is 0 Å². The lowest BCUT2D eigenvalue weighted by Crippen LogP contribution is -2.55. The van der Waals surface area contributed by atoms with E-state index in [1.54, 1.807) is 24.3 Å². The van der Waals surface area contributed by atoms with E-state index in [1.807, 2.05) is 80.6 Å². The maximum Gasteiger partial charge on any atom is 0.326 e. The standard InChI is InChI=1S/C43H57N5O7/c1-3-30(2)39(42(53)46-35(40(44)51)28-32-20-12-8-13-21-32)48-38(50)25-17-6-4-5-16-24-37(49)45-34(27-26-31-18-10-7-11-19-31)41(52)47-36(43(54)55)29-33-22-14-9-15-23-33/h7-15,18-23,30,34-36,39H,3-6,16-17,24-29H2,1-2H3,(H2,44,51)(H,45,49)(H,46,53)(H,47,52)(H,48,50)(H,54,55)/t30-,34+,35+,36+,39+/m1/s1. The average Bonchev–Trinajstić information content (AvgIpc) is 3.18. The van der Waals surface area contributed by atoms with Crippen LogP contribution in [0.4, 0.5) is 0 Å². The summed E-state index contributed by atoms with van der Waals surface area (Å²) in [6.45, 7) is 3.79. The lowest BCUT2D eigenvalue weighted by Gasteiger charge is -2.26. The fourth-order valence-corrected chi connectivity index (χ4v) is 6.20. The third-order valence-electron chi connectivity index (χ3n) is 9.68. The van der Waals surface area contributed by atoms with Gasteiger partial charge in [-0.2, -0.15) is 0 Å². The molecule has 0 heterocycles. The summed E-state index contributed by atoms with van der Waals surface area (Å²) < 4.78 is 0. The predicted octanol–water partition coefficient (Wildman–Crippen LogP) is 4.39. The first-order chi connectivity index (χ1) is 26.5. The van der Waals surface area contributed by atoms with Crippen molar-refractivity contribution in [2.45, 2.75) is 115 Å². The highest BCUT2D eigenvalue weighted by atomic mass is 16.4. The van der Waals surface area contributed by atoms with E-state index in [4.69, 9.17) is 5.73 Å². The van der Waals surface area contributed by atoms with Crippen molar-refractivity contribution in [1.29, 1.82) is 0 Å². The number of rotatable bonds is 25. The molecule has 0 aliphatic heterocycles. The first-order valence-electron chi connectivity index (χ1n) is 19.3. The van der Waals surface area contributed by atoms with Gasteiger partial charge in [0.25, 0.3) is 0 Å². The molecule has 7 N–H and O–H groups in total. The first kappa shape index (κ1) is 43.9. The van der Waals surface area contributed by atoms with Crippen LogP contribution in [-0.4, -0.2) is 64.8 Å². The molecule has 5 amide bonds. The molecule has 12 heteroatoms. The van der Waals surface area contributed by atoms with E-state index in [-0.39, 0.29) is 43.4 Å². The van der Waals surface area contributed by atoms with Gasteiger partial charge >= 0.3 is 5.97 Å². The number of carbonyl (C=O) groups excluding carboxylic acids is 5. The van der Waals surface area contributed by atoms with Gasteiger partial charge in [-0.25, -0.2) is 4.79 Å². The second kappa shape index (κ2) is 24.0. The minimum atomic E-state index is -1.16. The van der Waals surface area contributed by atoms with Crippen molar-refractivity contribution in [2.75, 3.05) is 0 Å². The van der Waals surface area contributed by atoms with Gasteiger partial charge in [-0.3, -0.25) is 24.0 Å². The van der Waals surface area contributed by atoms with Crippen molar-refractivity contribution in [3.63, 3.8) is 0 Å². The van der Waals surface area contributed by atoms with Crippen molar-refractivity contribution in [3.05, 3.63) is 108 Å². The fourth-order valence-electron chi connectivity index (χ4n) is 6.20. The Morgan fingerprint density at radius 1 is 0.582 bits per heavy atom. The molecular weight excluding hydrogens is 699 g/mol. The van der Waals surface area contributed by atoms with Gasteiger partial charge in [0.2, 0.25) is 29.5 Å². The molecule has 0 bridgehead atoms. The van der Waals surface area contributed by atoms with Crippen LogP contribution in [0.3, 0.4) is 0 Å². The number of aryl methyl sites for hydroxylation is 1. The van der Waals surface area contributed by atoms with Crippen molar-refractivity contribution < 1.29 is 33.9 Å². The van der Waals surface area contributed by atoms with Crippen molar-refractivity contribution in [2.24, 2.45) is 11.7 Å². The molecule has 0 saturated heterocycles. The van der Waals surface area contributed by atoms with Gasteiger partial charge < -0.3 is 32.1 Å². The normalized spacial score (nSPS) is 13.6. The number of amides is 5. The molecule has 0 spiro atoms. The Kier molecular flexibility index (Phi) is 19.1. The molecule has 0 unspecified atom stereocenters. The molecule has 0 aromatic heterocycles. The molecule has 3 rings (SSSR count). The number of carbonyl (C=O) groups is 6. The van der Waals surface area contributed by atoms with E-state index in [0.29, 0.717) is 32.1 Å². The minimum Gasteiger partial charge on any atom is -0.480 e. The van der Waals surface area contributed by atoms with E-state index in [1.165, 1.54) is 0 Å². The highest BCUT2D eigenvalue weighted by Crippen LogP contribution is 2.13. The van der Waals surface area contributed by atoms with Gasteiger partial charge in [0.15, 0.2) is 0 Å². The summed E-state index contributed by atoms with van der Waals surface area (Å²) in [5, 5.41) is 20.9. The predicted molar refractivity (Wildman–Crippen MR) is 211 cm³/mol. The molecule has 0 aliphatic rings. The quantitative estimate of drug-likeness (QED) is 0.0690.